The van der Waals surface area contributed by atoms with Crippen LogP contribution in [0.1, 0.15) is 45.1 Å². The second-order valence-electron chi connectivity index (χ2n) is 5.15. The number of benzene rings is 1. The Morgan fingerprint density at radius 2 is 1.85 bits per heavy atom. The molecule has 1 aromatic carbocycles. The number of unbranched alkanes of at least 4 members (excludes halogenated alkanes) is 1. The van der Waals surface area contributed by atoms with Crippen LogP contribution in [-0.4, -0.2) is 15.0 Å². The van der Waals surface area contributed by atoms with Gasteiger partial charge in [-0.15, -0.1) is 0 Å². The smallest absolute Gasteiger partial charge is 0.215 e. The van der Waals surface area contributed by atoms with Crippen LogP contribution in [-0.2, 0) is 15.8 Å². The lowest BCUT2D eigenvalue weighted by Gasteiger charge is -2.15. The van der Waals surface area contributed by atoms with Crippen molar-refractivity contribution in [2.75, 3.05) is 6.54 Å². The van der Waals surface area contributed by atoms with E-state index in [1.165, 1.54) is 0 Å². The highest BCUT2D eigenvalue weighted by Gasteiger charge is 2.14. The topological polar surface area (TPSA) is 46.2 Å². The van der Waals surface area contributed by atoms with Gasteiger partial charge < -0.3 is 0 Å². The van der Waals surface area contributed by atoms with Crippen molar-refractivity contribution in [2.24, 2.45) is 5.92 Å². The molecule has 0 aliphatic rings. The van der Waals surface area contributed by atoms with Gasteiger partial charge in [-0.2, -0.15) is 0 Å². The molecule has 0 aliphatic heterocycles. The van der Waals surface area contributed by atoms with Crippen molar-refractivity contribution in [3.05, 3.63) is 34.3 Å². The van der Waals surface area contributed by atoms with E-state index in [2.05, 4.69) is 34.5 Å². The molecule has 1 rings (SSSR count). The molecule has 0 saturated heterocycles. The molecule has 114 valence electrons. The Balaban J connectivity index is 2.50. The fourth-order valence-electron chi connectivity index (χ4n) is 2.04. The van der Waals surface area contributed by atoms with Crippen LogP contribution < -0.4 is 4.72 Å². The number of rotatable bonds is 9. The Morgan fingerprint density at radius 1 is 1.20 bits per heavy atom. The van der Waals surface area contributed by atoms with E-state index in [0.717, 1.165) is 35.7 Å². The molecule has 0 heterocycles. The summed E-state index contributed by atoms with van der Waals surface area (Å²) in [4.78, 5) is 0. The normalized spacial score (nSPS) is 13.3. The maximum absolute atomic E-state index is 12.1. The zero-order valence-corrected chi connectivity index (χ0v) is 14.6. The Hall–Kier alpha value is -0.390. The molecule has 0 bridgehead atoms. The van der Waals surface area contributed by atoms with Gasteiger partial charge in [0, 0.05) is 11.0 Å². The lowest BCUT2D eigenvalue weighted by atomic mass is 10.00. The number of halogens is 1. The molecule has 1 atom stereocenters. The maximum Gasteiger partial charge on any atom is 0.215 e. The third-order valence-corrected chi connectivity index (χ3v) is 5.25. The fourth-order valence-corrected chi connectivity index (χ4v) is 3.53. The van der Waals surface area contributed by atoms with Crippen LogP contribution in [0.5, 0.6) is 0 Å². The van der Waals surface area contributed by atoms with Gasteiger partial charge in [0.25, 0.3) is 0 Å². The average molecular weight is 362 g/mol. The molecule has 0 fully saturated rings. The first-order valence-electron chi connectivity index (χ1n) is 7.18. The molecule has 3 nitrogen and oxygen atoms in total. The summed E-state index contributed by atoms with van der Waals surface area (Å²) in [6, 6.07) is 7.39. The van der Waals surface area contributed by atoms with E-state index in [9.17, 15) is 8.42 Å². The summed E-state index contributed by atoms with van der Waals surface area (Å²) in [5.41, 5.74) is 0.808. The number of hydrogen-bond donors (Lipinski definition) is 1. The molecular formula is C15H24BrNO2S. The molecule has 20 heavy (non-hydrogen) atoms. The zero-order valence-electron chi connectivity index (χ0n) is 12.2. The minimum atomic E-state index is -3.24. The van der Waals surface area contributed by atoms with Crippen molar-refractivity contribution in [3.63, 3.8) is 0 Å². The average Bonchev–Trinajstić information content (AvgIpc) is 2.41. The second kappa shape index (κ2) is 8.80. The van der Waals surface area contributed by atoms with Gasteiger partial charge in [0.05, 0.1) is 5.75 Å². The Bertz CT molecular complexity index is 485. The predicted octanol–water partition coefficient (Wildman–Crippen LogP) is 4.08. The van der Waals surface area contributed by atoms with Crippen molar-refractivity contribution in [1.82, 2.24) is 4.72 Å². The first-order valence-corrected chi connectivity index (χ1v) is 9.63. The number of hydrogen-bond acceptors (Lipinski definition) is 2. The first kappa shape index (κ1) is 17.7. The van der Waals surface area contributed by atoms with E-state index < -0.39 is 10.0 Å². The molecule has 0 radical (unpaired) electrons. The van der Waals surface area contributed by atoms with Crippen LogP contribution in [0.15, 0.2) is 28.7 Å². The van der Waals surface area contributed by atoms with Crippen molar-refractivity contribution >= 4 is 26.0 Å². The van der Waals surface area contributed by atoms with Gasteiger partial charge in [-0.25, -0.2) is 13.1 Å². The molecule has 1 N–H and O–H groups in total. The summed E-state index contributed by atoms with van der Waals surface area (Å²) in [5.74, 6) is 0.486. The Labute approximate surface area is 131 Å². The summed E-state index contributed by atoms with van der Waals surface area (Å²) in [7, 11) is -3.24. The monoisotopic (exact) mass is 361 g/mol. The van der Waals surface area contributed by atoms with Crippen molar-refractivity contribution in [1.29, 1.82) is 0 Å². The summed E-state index contributed by atoms with van der Waals surface area (Å²) >= 11 is 3.34. The second-order valence-corrected chi connectivity index (χ2v) is 7.87. The van der Waals surface area contributed by atoms with Crippen molar-refractivity contribution < 1.29 is 8.42 Å². The number of sulfonamides is 1. The minimum Gasteiger partial charge on any atom is -0.215 e. The summed E-state index contributed by atoms with van der Waals surface area (Å²) in [5, 5.41) is 0. The lowest BCUT2D eigenvalue weighted by Crippen LogP contribution is -2.30. The molecule has 0 aromatic heterocycles. The van der Waals surface area contributed by atoms with Gasteiger partial charge in [0.1, 0.15) is 0 Å². The summed E-state index contributed by atoms with van der Waals surface area (Å²) < 4.78 is 27.8. The highest BCUT2D eigenvalue weighted by Crippen LogP contribution is 2.14. The first-order chi connectivity index (χ1) is 9.46. The molecule has 0 spiro atoms. The zero-order chi connectivity index (χ0) is 15.0. The van der Waals surface area contributed by atoms with Gasteiger partial charge in [-0.3, -0.25) is 0 Å². The maximum atomic E-state index is 12.1. The van der Waals surface area contributed by atoms with Crippen molar-refractivity contribution in [2.45, 2.75) is 45.3 Å². The fraction of sp³-hybridized carbons (Fsp3) is 0.600. The molecule has 0 aliphatic carbocycles. The van der Waals surface area contributed by atoms with E-state index >= 15 is 0 Å². The van der Waals surface area contributed by atoms with Gasteiger partial charge >= 0.3 is 0 Å². The molecular weight excluding hydrogens is 338 g/mol. The minimum absolute atomic E-state index is 0.0461. The van der Waals surface area contributed by atoms with Crippen LogP contribution in [0.25, 0.3) is 0 Å². The van der Waals surface area contributed by atoms with Crippen LogP contribution in [0, 0.1) is 5.92 Å². The van der Waals surface area contributed by atoms with E-state index in [1.54, 1.807) is 0 Å². The standard InChI is InChI=1S/C15H24BrNO2S/c1-3-5-6-13(4-2)11-17-20(18,19)12-14-7-9-15(16)10-8-14/h7-10,13,17H,3-6,11-12H2,1-2H3/t13-/m0/s1. The Kier molecular flexibility index (Phi) is 7.77. The van der Waals surface area contributed by atoms with Crippen molar-refractivity contribution in [3.8, 4) is 0 Å². The highest BCUT2D eigenvalue weighted by atomic mass is 79.9. The highest BCUT2D eigenvalue weighted by molar-refractivity contribution is 9.10. The molecule has 0 saturated carbocycles. The quantitative estimate of drug-likeness (QED) is 0.719. The van der Waals surface area contributed by atoms with E-state index in [1.807, 2.05) is 24.3 Å². The molecule has 0 amide bonds. The molecule has 0 unspecified atom stereocenters. The summed E-state index contributed by atoms with van der Waals surface area (Å²) in [6.45, 7) is 4.82. The van der Waals surface area contributed by atoms with Crippen LogP contribution in [0.2, 0.25) is 0 Å². The molecule has 1 aromatic rings. The third kappa shape index (κ3) is 6.86. The van der Waals surface area contributed by atoms with Gasteiger partial charge in [0.2, 0.25) is 10.0 Å². The van der Waals surface area contributed by atoms with Crippen LogP contribution in [0.4, 0.5) is 0 Å². The predicted molar refractivity (Wildman–Crippen MR) is 88.1 cm³/mol. The Morgan fingerprint density at radius 3 is 2.40 bits per heavy atom. The van der Waals surface area contributed by atoms with E-state index in [4.69, 9.17) is 0 Å². The van der Waals surface area contributed by atoms with Crippen LogP contribution >= 0.6 is 15.9 Å². The van der Waals surface area contributed by atoms with E-state index in [-0.39, 0.29) is 5.75 Å². The lowest BCUT2D eigenvalue weighted by molar-refractivity contribution is 0.443. The van der Waals surface area contributed by atoms with E-state index in [0.29, 0.717) is 12.5 Å². The largest absolute Gasteiger partial charge is 0.215 e. The SMILES string of the molecule is CCCC[C@H](CC)CNS(=O)(=O)Cc1ccc(Br)cc1. The number of nitrogens with one attached hydrogen (secondary N) is 1. The van der Waals surface area contributed by atoms with Gasteiger partial charge in [0.15, 0.2) is 0 Å². The molecule has 5 heteroatoms. The van der Waals surface area contributed by atoms with Gasteiger partial charge in [-0.05, 0) is 30.0 Å². The van der Waals surface area contributed by atoms with Crippen LogP contribution in [0.3, 0.4) is 0 Å². The third-order valence-electron chi connectivity index (χ3n) is 3.41. The summed E-state index contributed by atoms with van der Waals surface area (Å²) in [6.07, 6.45) is 4.42. The van der Waals surface area contributed by atoms with Gasteiger partial charge in [-0.1, -0.05) is 61.2 Å².